The van der Waals surface area contributed by atoms with Crippen LogP contribution in [0, 0.1) is 6.92 Å². The van der Waals surface area contributed by atoms with E-state index in [1.54, 1.807) is 11.3 Å². The van der Waals surface area contributed by atoms with Gasteiger partial charge in [-0.15, -0.1) is 11.3 Å². The number of hydrogen-bond donors (Lipinski definition) is 1. The Morgan fingerprint density at radius 3 is 2.81 bits per heavy atom. The molecule has 0 atom stereocenters. The van der Waals surface area contributed by atoms with Crippen molar-refractivity contribution in [3.63, 3.8) is 0 Å². The second-order valence-electron chi connectivity index (χ2n) is 6.42. The van der Waals surface area contributed by atoms with Crippen molar-refractivity contribution in [2.75, 3.05) is 6.54 Å². The highest BCUT2D eigenvalue weighted by Crippen LogP contribution is 2.32. The number of carbonyl (C=O) groups excluding carboxylic acids is 1. The normalized spacial score (nSPS) is 13.7. The van der Waals surface area contributed by atoms with Crippen LogP contribution in [0.3, 0.4) is 0 Å². The highest BCUT2D eigenvalue weighted by molar-refractivity contribution is 7.13. The van der Waals surface area contributed by atoms with Gasteiger partial charge in [0.25, 0.3) is 5.91 Å². The van der Waals surface area contributed by atoms with Crippen LogP contribution in [0.25, 0.3) is 33.1 Å². The summed E-state index contributed by atoms with van der Waals surface area (Å²) < 4.78 is 2.11. The number of benzene rings is 2. The Hall–Kier alpha value is -2.99. The molecule has 0 spiro atoms. The number of aromatic nitrogens is 3. The number of hydrogen-bond acceptors (Lipinski definition) is 4. The van der Waals surface area contributed by atoms with Crippen LogP contribution in [-0.4, -0.2) is 27.0 Å². The Morgan fingerprint density at radius 1 is 1.12 bits per heavy atom. The van der Waals surface area contributed by atoms with E-state index in [1.165, 1.54) is 5.56 Å². The van der Waals surface area contributed by atoms with Crippen molar-refractivity contribution in [2.24, 2.45) is 0 Å². The molecule has 2 aromatic carbocycles. The summed E-state index contributed by atoms with van der Waals surface area (Å²) in [5.74, 6) is 0.776. The molecular weight excluding hydrogens is 344 g/mol. The zero-order chi connectivity index (χ0) is 17.7. The van der Waals surface area contributed by atoms with Gasteiger partial charge in [-0.25, -0.2) is 9.97 Å². The van der Waals surface area contributed by atoms with Gasteiger partial charge >= 0.3 is 0 Å². The van der Waals surface area contributed by atoms with Crippen molar-refractivity contribution in [3.8, 4) is 22.1 Å². The molecule has 0 aliphatic carbocycles. The van der Waals surface area contributed by atoms with Crippen molar-refractivity contribution in [3.05, 3.63) is 59.0 Å². The Morgan fingerprint density at radius 2 is 1.96 bits per heavy atom. The maximum atomic E-state index is 12.3. The van der Waals surface area contributed by atoms with Crippen LogP contribution in [0.5, 0.6) is 0 Å². The number of para-hydroxylation sites is 1. The van der Waals surface area contributed by atoms with Gasteiger partial charge in [-0.3, -0.25) is 4.79 Å². The lowest BCUT2D eigenvalue weighted by Gasteiger charge is -2.04. The predicted molar refractivity (Wildman–Crippen MR) is 103 cm³/mol. The monoisotopic (exact) mass is 360 g/mol. The average Bonchev–Trinajstić information content (AvgIpc) is 3.23. The first-order chi connectivity index (χ1) is 12.7. The maximum absolute atomic E-state index is 12.3. The summed E-state index contributed by atoms with van der Waals surface area (Å²) in [4.78, 5) is 21.9. The molecule has 0 unspecified atom stereocenters. The van der Waals surface area contributed by atoms with Crippen LogP contribution in [0.1, 0.15) is 15.9 Å². The van der Waals surface area contributed by atoms with Crippen LogP contribution in [-0.2, 0) is 6.54 Å². The number of rotatable bonds is 2. The van der Waals surface area contributed by atoms with Crippen molar-refractivity contribution in [2.45, 2.75) is 13.5 Å². The molecule has 5 rings (SSSR count). The lowest BCUT2D eigenvalue weighted by atomic mass is 10.2. The summed E-state index contributed by atoms with van der Waals surface area (Å²) in [6, 6.07) is 14.1. The van der Waals surface area contributed by atoms with Gasteiger partial charge in [0.15, 0.2) is 5.82 Å². The summed E-state index contributed by atoms with van der Waals surface area (Å²) in [6.45, 7) is 3.35. The molecule has 1 aliphatic rings. The van der Waals surface area contributed by atoms with Crippen LogP contribution in [0.2, 0.25) is 0 Å². The minimum absolute atomic E-state index is 0.0422. The Balaban J connectivity index is 1.66. The molecule has 0 bridgehead atoms. The quantitative estimate of drug-likeness (QED) is 0.590. The molecular formula is C20H16N4OS. The van der Waals surface area contributed by atoms with Gasteiger partial charge in [-0.05, 0) is 19.1 Å². The predicted octanol–water partition coefficient (Wildman–Crippen LogP) is 3.88. The van der Waals surface area contributed by atoms with Crippen LogP contribution >= 0.6 is 11.3 Å². The fraction of sp³-hybridized carbons (Fsp3) is 0.150. The summed E-state index contributed by atoms with van der Waals surface area (Å²) in [6.07, 6.45) is 0. The number of aryl methyl sites for hydroxylation is 1. The largest absolute Gasteiger partial charge is 0.350 e. The molecule has 4 aromatic rings. The van der Waals surface area contributed by atoms with Gasteiger partial charge in [0, 0.05) is 24.0 Å². The molecule has 0 fully saturated rings. The van der Waals surface area contributed by atoms with Crippen LogP contribution in [0.15, 0.2) is 47.8 Å². The van der Waals surface area contributed by atoms with E-state index in [9.17, 15) is 4.79 Å². The van der Waals surface area contributed by atoms with E-state index < -0.39 is 0 Å². The molecule has 0 radical (unpaired) electrons. The molecule has 0 saturated heterocycles. The molecule has 6 heteroatoms. The first kappa shape index (κ1) is 15.3. The first-order valence-corrected chi connectivity index (χ1v) is 9.39. The van der Waals surface area contributed by atoms with Crippen molar-refractivity contribution >= 4 is 28.3 Å². The number of carbonyl (C=O) groups is 1. The number of thiazole rings is 1. The lowest BCUT2D eigenvalue weighted by Crippen LogP contribution is -2.24. The van der Waals surface area contributed by atoms with Gasteiger partial charge in [0.05, 0.1) is 16.6 Å². The molecule has 1 amide bonds. The number of imidazole rings is 1. The lowest BCUT2D eigenvalue weighted by molar-refractivity contribution is 0.0956. The zero-order valence-corrected chi connectivity index (χ0v) is 15.0. The molecule has 2 aromatic heterocycles. The van der Waals surface area contributed by atoms with E-state index in [-0.39, 0.29) is 5.91 Å². The fourth-order valence-electron chi connectivity index (χ4n) is 3.36. The molecule has 1 N–H and O–H groups in total. The van der Waals surface area contributed by atoms with Crippen LogP contribution in [0.4, 0.5) is 0 Å². The second-order valence-corrected chi connectivity index (χ2v) is 7.28. The van der Waals surface area contributed by atoms with Crippen molar-refractivity contribution < 1.29 is 4.79 Å². The maximum Gasteiger partial charge on any atom is 0.253 e. The zero-order valence-electron chi connectivity index (χ0n) is 14.2. The highest BCUT2D eigenvalue weighted by atomic mass is 32.1. The molecule has 128 valence electrons. The van der Waals surface area contributed by atoms with E-state index in [0.29, 0.717) is 18.7 Å². The SMILES string of the molecule is Cc1ccc(-c2nc(-c3nc4cccc5c4n3CCNC5=O)cs2)cc1. The van der Waals surface area contributed by atoms with Gasteiger partial charge in [-0.2, -0.15) is 0 Å². The van der Waals surface area contributed by atoms with E-state index in [2.05, 4.69) is 41.1 Å². The van der Waals surface area contributed by atoms with Gasteiger partial charge in [0.1, 0.15) is 10.7 Å². The topological polar surface area (TPSA) is 59.8 Å². The van der Waals surface area contributed by atoms with E-state index in [0.717, 1.165) is 33.1 Å². The van der Waals surface area contributed by atoms with Crippen LogP contribution < -0.4 is 5.32 Å². The van der Waals surface area contributed by atoms with E-state index in [4.69, 9.17) is 9.97 Å². The van der Waals surface area contributed by atoms with Gasteiger partial charge < -0.3 is 9.88 Å². The minimum atomic E-state index is -0.0422. The molecule has 1 aliphatic heterocycles. The Labute approximate surface area is 154 Å². The van der Waals surface area contributed by atoms with Crippen molar-refractivity contribution in [1.29, 1.82) is 0 Å². The van der Waals surface area contributed by atoms with Crippen molar-refractivity contribution in [1.82, 2.24) is 19.9 Å². The third-order valence-electron chi connectivity index (χ3n) is 4.66. The van der Waals surface area contributed by atoms with E-state index >= 15 is 0 Å². The van der Waals surface area contributed by atoms with E-state index in [1.807, 2.05) is 23.6 Å². The number of nitrogens with one attached hydrogen (secondary N) is 1. The molecule has 5 nitrogen and oxygen atoms in total. The van der Waals surface area contributed by atoms with Gasteiger partial charge in [0.2, 0.25) is 0 Å². The second kappa shape index (κ2) is 5.78. The third kappa shape index (κ3) is 2.34. The summed E-state index contributed by atoms with van der Waals surface area (Å²) >= 11 is 1.61. The molecule has 26 heavy (non-hydrogen) atoms. The summed E-state index contributed by atoms with van der Waals surface area (Å²) in [7, 11) is 0. The highest BCUT2D eigenvalue weighted by Gasteiger charge is 2.22. The Kier molecular flexibility index (Phi) is 3.39. The summed E-state index contributed by atoms with van der Waals surface area (Å²) in [5.41, 5.74) is 5.59. The standard InChI is InChI=1S/C20H16N4OS/c1-12-5-7-13(8-6-12)20-23-16(11-26-20)18-22-15-4-2-3-14-17(15)24(18)10-9-21-19(14)25/h2-8,11H,9-10H2,1H3,(H,21,25). The number of nitrogens with zero attached hydrogens (tertiary/aromatic N) is 3. The molecule has 3 heterocycles. The number of amides is 1. The fourth-order valence-corrected chi connectivity index (χ4v) is 4.17. The third-order valence-corrected chi connectivity index (χ3v) is 5.56. The smallest absolute Gasteiger partial charge is 0.253 e. The Bertz CT molecular complexity index is 1140. The van der Waals surface area contributed by atoms with Gasteiger partial charge in [-0.1, -0.05) is 35.9 Å². The first-order valence-electron chi connectivity index (χ1n) is 8.51. The minimum Gasteiger partial charge on any atom is -0.350 e. The average molecular weight is 360 g/mol. The molecule has 0 saturated carbocycles. The summed E-state index contributed by atoms with van der Waals surface area (Å²) in [5, 5.41) is 5.96.